The summed E-state index contributed by atoms with van der Waals surface area (Å²) < 4.78 is 8.13. The Morgan fingerprint density at radius 1 is 0.926 bits per heavy atom. The highest BCUT2D eigenvalue weighted by atomic mass is 32.2. The van der Waals surface area contributed by atoms with Crippen molar-refractivity contribution in [3.8, 4) is 4.90 Å². The number of hydrogen-bond acceptors (Lipinski definition) is 2. The molecule has 4 rings (SSSR count). The zero-order valence-electron chi connectivity index (χ0n) is 15.4. The summed E-state index contributed by atoms with van der Waals surface area (Å²) in [6.45, 7) is 7.39. The third-order valence-corrected chi connectivity index (χ3v) is 6.99. The van der Waals surface area contributed by atoms with E-state index in [4.69, 9.17) is 4.74 Å². The molecule has 0 bridgehead atoms. The lowest BCUT2D eigenvalue weighted by atomic mass is 10.1. The molecule has 0 radical (unpaired) electrons. The predicted octanol–water partition coefficient (Wildman–Crippen LogP) is 6.85. The van der Waals surface area contributed by atoms with Crippen LogP contribution in [0.5, 0.6) is 0 Å². The highest BCUT2D eigenvalue weighted by molar-refractivity contribution is 7.50. The summed E-state index contributed by atoms with van der Waals surface area (Å²) in [5.41, 5.74) is -0.125. The number of hydrogen-bond donors (Lipinski definition) is 0. The second kappa shape index (κ2) is 6.67. The van der Waals surface area contributed by atoms with Crippen molar-refractivity contribution in [3.63, 3.8) is 0 Å². The van der Waals surface area contributed by atoms with E-state index < -0.39 is 5.60 Å². The first-order valence-corrected chi connectivity index (χ1v) is 10.1. The van der Waals surface area contributed by atoms with Gasteiger partial charge in [-0.3, -0.25) is 0 Å². The largest absolute Gasteiger partial charge is 0.452 e. The minimum Gasteiger partial charge on any atom is -0.452 e. The first-order valence-electron chi connectivity index (χ1n) is 8.90. The van der Waals surface area contributed by atoms with E-state index in [9.17, 15) is 4.79 Å². The minimum atomic E-state index is -0.692. The van der Waals surface area contributed by atoms with Gasteiger partial charge in [0.05, 0.1) is 5.56 Å². The summed E-state index contributed by atoms with van der Waals surface area (Å²) in [6, 6.07) is 24.9. The van der Waals surface area contributed by atoms with Crippen LogP contribution < -0.4 is 0 Å². The zero-order chi connectivity index (χ0) is 19.0. The molecule has 1 aromatic heterocycles. The van der Waals surface area contributed by atoms with Gasteiger partial charge in [-0.25, -0.2) is 4.79 Å². The summed E-state index contributed by atoms with van der Waals surface area (Å²) in [5, 5.41) is 2.31. The molecule has 0 aliphatic rings. The van der Waals surface area contributed by atoms with Gasteiger partial charge in [0.1, 0.15) is 5.60 Å². The van der Waals surface area contributed by atoms with Gasteiger partial charge >= 0.3 is 5.97 Å². The molecular weight excluding hydrogens is 352 g/mol. The number of carbonyl (C=O) groups is 1. The van der Waals surface area contributed by atoms with Crippen LogP contribution in [0.1, 0.15) is 24.2 Å². The number of carbonyl (C=O) groups excluding carboxylic acids is 1. The Labute approximate surface area is 161 Å². The Bertz CT molecular complexity index is 1150. The molecule has 2 nitrogen and oxygen atoms in total. The molecule has 0 saturated heterocycles. The fourth-order valence-corrected chi connectivity index (χ4v) is 5.56. The van der Waals surface area contributed by atoms with Gasteiger partial charge in [-0.05, 0) is 62.4 Å². The zero-order valence-corrected chi connectivity index (χ0v) is 16.3. The third-order valence-electron chi connectivity index (χ3n) is 4.66. The van der Waals surface area contributed by atoms with Crippen LogP contribution in [0.15, 0.2) is 85.5 Å². The Morgan fingerprint density at radius 3 is 2.33 bits per heavy atom. The Balaban J connectivity index is 1.92. The molecular formula is C24H21O2S+. The number of benzene rings is 3. The summed E-state index contributed by atoms with van der Waals surface area (Å²) in [6.07, 6.45) is 1.64. The number of fused-ring (bicyclic) bond motifs is 3. The number of esters is 1. The minimum absolute atomic E-state index is 0.151. The topological polar surface area (TPSA) is 26.3 Å². The van der Waals surface area contributed by atoms with Crippen molar-refractivity contribution in [2.45, 2.75) is 19.4 Å². The number of thiophene rings is 1. The van der Waals surface area contributed by atoms with Gasteiger partial charge in [-0.2, -0.15) is 0 Å². The Morgan fingerprint density at radius 2 is 1.59 bits per heavy atom. The van der Waals surface area contributed by atoms with Crippen LogP contribution in [0.25, 0.3) is 25.1 Å². The van der Waals surface area contributed by atoms with Crippen LogP contribution in [0.3, 0.4) is 0 Å². The van der Waals surface area contributed by atoms with Gasteiger partial charge in [-0.15, -0.1) is 0 Å². The molecule has 1 atom stereocenters. The molecule has 0 saturated carbocycles. The van der Waals surface area contributed by atoms with Gasteiger partial charge in [0, 0.05) is 21.2 Å². The molecule has 27 heavy (non-hydrogen) atoms. The lowest BCUT2D eigenvalue weighted by Crippen LogP contribution is -2.25. The molecule has 3 heteroatoms. The first-order chi connectivity index (χ1) is 13.0. The Hall–Kier alpha value is -2.91. The molecule has 1 unspecified atom stereocenters. The predicted molar refractivity (Wildman–Crippen MR) is 115 cm³/mol. The fourth-order valence-electron chi connectivity index (χ4n) is 3.18. The van der Waals surface area contributed by atoms with Crippen LogP contribution in [0.2, 0.25) is 0 Å². The van der Waals surface area contributed by atoms with Gasteiger partial charge in [0.2, 0.25) is 0 Å². The lowest BCUT2D eigenvalue weighted by molar-refractivity contribution is 0.0175. The van der Waals surface area contributed by atoms with E-state index in [1.807, 2.05) is 38.1 Å². The van der Waals surface area contributed by atoms with Gasteiger partial charge in [0.25, 0.3) is 0 Å². The summed E-state index contributed by atoms with van der Waals surface area (Å²) >= 11 is 0. The highest BCUT2D eigenvalue weighted by Crippen LogP contribution is 2.48. The SMILES string of the molecule is C=CC(C)(C)OC(=O)c1ccc2c(c1)c1ccccc1[s+]2-c1ccccc1. The molecule has 0 amide bonds. The maximum absolute atomic E-state index is 12.6. The number of rotatable bonds is 4. The van der Waals surface area contributed by atoms with E-state index in [0.29, 0.717) is 5.56 Å². The Kier molecular flexibility index (Phi) is 4.33. The maximum Gasteiger partial charge on any atom is 0.339 e. The van der Waals surface area contributed by atoms with E-state index in [0.717, 1.165) is 5.39 Å². The van der Waals surface area contributed by atoms with E-state index >= 15 is 0 Å². The van der Waals surface area contributed by atoms with Crippen LogP contribution in [0, 0.1) is 0 Å². The van der Waals surface area contributed by atoms with Crippen LogP contribution >= 0.6 is 10.5 Å². The molecule has 134 valence electrons. The van der Waals surface area contributed by atoms with Crippen molar-refractivity contribution in [1.29, 1.82) is 0 Å². The lowest BCUT2D eigenvalue weighted by Gasteiger charge is -2.20. The second-order valence-corrected chi connectivity index (χ2v) is 8.99. The summed E-state index contributed by atoms with van der Waals surface area (Å²) in [4.78, 5) is 13.9. The summed E-state index contributed by atoms with van der Waals surface area (Å²) in [5.74, 6) is -0.327. The van der Waals surface area contributed by atoms with E-state index in [1.54, 1.807) is 6.08 Å². The fraction of sp³-hybridized carbons (Fsp3) is 0.125. The molecule has 0 N–H and O–H groups in total. The van der Waals surface area contributed by atoms with Crippen molar-refractivity contribution in [2.75, 3.05) is 0 Å². The molecule has 1 heterocycles. The van der Waals surface area contributed by atoms with Crippen molar-refractivity contribution in [3.05, 3.63) is 91.0 Å². The van der Waals surface area contributed by atoms with E-state index in [2.05, 4.69) is 55.1 Å². The monoisotopic (exact) mass is 373 g/mol. The van der Waals surface area contributed by atoms with Gasteiger partial charge < -0.3 is 4.74 Å². The van der Waals surface area contributed by atoms with Crippen molar-refractivity contribution in [1.82, 2.24) is 0 Å². The standard InChI is InChI=1S/C24H21O2S/c1-4-24(2,3)26-23(25)17-14-15-22-20(16-17)19-12-8-9-13-21(19)27(22)18-10-6-5-7-11-18/h4-16H,1H2,2-3H3/q+1. The highest BCUT2D eigenvalue weighted by Gasteiger charge is 2.25. The molecule has 4 aromatic rings. The van der Waals surface area contributed by atoms with E-state index in [-0.39, 0.29) is 16.4 Å². The quantitative estimate of drug-likeness (QED) is 0.222. The molecule has 0 spiro atoms. The van der Waals surface area contributed by atoms with Gasteiger partial charge in [-0.1, -0.05) is 36.9 Å². The molecule has 0 aliphatic carbocycles. The van der Waals surface area contributed by atoms with Crippen LogP contribution in [-0.4, -0.2) is 11.6 Å². The molecule has 3 aromatic carbocycles. The third kappa shape index (κ3) is 3.15. The normalized spacial score (nSPS) is 12.3. The van der Waals surface area contributed by atoms with Crippen molar-refractivity contribution >= 4 is 36.6 Å². The van der Waals surface area contributed by atoms with Crippen molar-refractivity contribution in [2.24, 2.45) is 0 Å². The first kappa shape index (κ1) is 17.5. The van der Waals surface area contributed by atoms with Crippen LogP contribution in [0.4, 0.5) is 0 Å². The van der Waals surface area contributed by atoms with Crippen molar-refractivity contribution < 1.29 is 9.53 Å². The number of ether oxygens (including phenoxy) is 1. The van der Waals surface area contributed by atoms with Gasteiger partial charge in [0.15, 0.2) is 14.3 Å². The molecule has 0 fully saturated rings. The smallest absolute Gasteiger partial charge is 0.339 e. The average molecular weight is 373 g/mol. The van der Waals surface area contributed by atoms with Crippen LogP contribution in [-0.2, 0) is 4.74 Å². The van der Waals surface area contributed by atoms with E-state index in [1.165, 1.54) is 19.7 Å². The average Bonchev–Trinajstić information content (AvgIpc) is 3.02. The molecule has 0 aliphatic heterocycles. The maximum atomic E-state index is 12.6. The summed E-state index contributed by atoms with van der Waals surface area (Å²) in [7, 11) is -0.151. The second-order valence-electron chi connectivity index (χ2n) is 7.02.